The third kappa shape index (κ3) is 4.03. The summed E-state index contributed by atoms with van der Waals surface area (Å²) >= 11 is 0. The summed E-state index contributed by atoms with van der Waals surface area (Å²) in [4.78, 5) is 4.58. The predicted octanol–water partition coefficient (Wildman–Crippen LogP) is 3.08. The average molecular weight is 265 g/mol. The summed E-state index contributed by atoms with van der Waals surface area (Å²) in [7, 11) is 0. The van der Waals surface area contributed by atoms with Gasteiger partial charge in [0.25, 0.3) is 0 Å². The van der Waals surface area contributed by atoms with E-state index in [-0.39, 0.29) is 5.41 Å². The highest BCUT2D eigenvalue weighted by molar-refractivity contribution is 5.14. The van der Waals surface area contributed by atoms with E-state index in [9.17, 15) is 0 Å². The highest BCUT2D eigenvalue weighted by Gasteiger charge is 2.43. The summed E-state index contributed by atoms with van der Waals surface area (Å²) in [6, 6.07) is 0.445. The van der Waals surface area contributed by atoms with E-state index in [1.165, 1.54) is 12.8 Å². The summed E-state index contributed by atoms with van der Waals surface area (Å²) in [5.74, 6) is 2.37. The molecule has 0 spiro atoms. The monoisotopic (exact) mass is 265 g/mol. The lowest BCUT2D eigenvalue weighted by molar-refractivity contribution is 0.334. The lowest BCUT2D eigenvalue weighted by Gasteiger charge is -2.18. The third-order valence-corrected chi connectivity index (χ3v) is 3.87. The van der Waals surface area contributed by atoms with Gasteiger partial charge in [-0.2, -0.15) is 4.98 Å². The van der Waals surface area contributed by atoms with Crippen LogP contribution < -0.4 is 5.32 Å². The van der Waals surface area contributed by atoms with Crippen molar-refractivity contribution in [3.8, 4) is 0 Å². The second-order valence-corrected chi connectivity index (χ2v) is 6.56. The highest BCUT2D eigenvalue weighted by atomic mass is 16.5. The number of nitrogens with zero attached hydrogens (tertiary/aromatic N) is 2. The van der Waals surface area contributed by atoms with Gasteiger partial charge in [-0.15, -0.1) is 0 Å². The zero-order chi connectivity index (χ0) is 13.9. The smallest absolute Gasteiger partial charge is 0.228 e. The summed E-state index contributed by atoms with van der Waals surface area (Å²) < 4.78 is 5.42. The average Bonchev–Trinajstić information content (AvgIpc) is 2.91. The molecular formula is C15H27N3O. The Bertz CT molecular complexity index is 396. The maximum atomic E-state index is 5.42. The minimum atomic E-state index is 0.201. The van der Waals surface area contributed by atoms with E-state index < -0.39 is 0 Å². The van der Waals surface area contributed by atoms with Gasteiger partial charge in [-0.1, -0.05) is 32.9 Å². The first-order chi connectivity index (χ1) is 9.03. The highest BCUT2D eigenvalue weighted by Crippen LogP contribution is 2.45. The Labute approximate surface area is 116 Å². The van der Waals surface area contributed by atoms with Crippen LogP contribution in [0.25, 0.3) is 0 Å². The van der Waals surface area contributed by atoms with E-state index in [0.717, 1.165) is 37.5 Å². The maximum Gasteiger partial charge on any atom is 0.228 e. The first kappa shape index (κ1) is 14.5. The molecule has 1 heterocycles. The van der Waals surface area contributed by atoms with Gasteiger partial charge in [0.2, 0.25) is 5.89 Å². The summed E-state index contributed by atoms with van der Waals surface area (Å²) in [5, 5.41) is 7.73. The van der Waals surface area contributed by atoms with Gasteiger partial charge in [0.1, 0.15) is 0 Å². The largest absolute Gasteiger partial charge is 0.339 e. The van der Waals surface area contributed by atoms with E-state index in [2.05, 4.69) is 43.2 Å². The van der Waals surface area contributed by atoms with Crippen LogP contribution >= 0.6 is 0 Å². The maximum absolute atomic E-state index is 5.42. The van der Waals surface area contributed by atoms with Crippen molar-refractivity contribution in [3.63, 3.8) is 0 Å². The Morgan fingerprint density at radius 3 is 2.68 bits per heavy atom. The molecule has 0 amide bonds. The quantitative estimate of drug-likeness (QED) is 0.785. The Morgan fingerprint density at radius 2 is 2.11 bits per heavy atom. The van der Waals surface area contributed by atoms with Crippen molar-refractivity contribution in [1.82, 2.24) is 15.5 Å². The van der Waals surface area contributed by atoms with Gasteiger partial charge in [-0.3, -0.25) is 0 Å². The Hall–Kier alpha value is -0.900. The number of hydrogen-bond donors (Lipinski definition) is 1. The fraction of sp³-hybridized carbons (Fsp3) is 0.867. The minimum absolute atomic E-state index is 0.201. The molecule has 0 aliphatic heterocycles. The molecule has 1 fully saturated rings. The van der Waals surface area contributed by atoms with Crippen LogP contribution in [0.5, 0.6) is 0 Å². The number of hydrogen-bond acceptors (Lipinski definition) is 4. The zero-order valence-corrected chi connectivity index (χ0v) is 12.7. The van der Waals surface area contributed by atoms with Gasteiger partial charge >= 0.3 is 0 Å². The summed E-state index contributed by atoms with van der Waals surface area (Å²) in [5.41, 5.74) is 0.201. The Balaban J connectivity index is 1.93. The van der Waals surface area contributed by atoms with Gasteiger partial charge in [0.05, 0.1) is 0 Å². The van der Waals surface area contributed by atoms with Crippen molar-refractivity contribution < 1.29 is 4.52 Å². The van der Waals surface area contributed by atoms with Gasteiger partial charge < -0.3 is 9.84 Å². The van der Waals surface area contributed by atoms with Crippen LogP contribution in [0.4, 0.5) is 0 Å². The van der Waals surface area contributed by atoms with Crippen molar-refractivity contribution in [2.45, 2.75) is 71.3 Å². The normalized spacial score (nSPS) is 18.8. The predicted molar refractivity (Wildman–Crippen MR) is 76.1 cm³/mol. The molecule has 0 radical (unpaired) electrons. The van der Waals surface area contributed by atoms with Crippen LogP contribution in [0.2, 0.25) is 0 Å². The van der Waals surface area contributed by atoms with E-state index in [4.69, 9.17) is 4.52 Å². The molecule has 1 aromatic rings. The Kier molecular flexibility index (Phi) is 4.61. The van der Waals surface area contributed by atoms with Crippen LogP contribution in [0.3, 0.4) is 0 Å². The van der Waals surface area contributed by atoms with Crippen molar-refractivity contribution in [3.05, 3.63) is 11.7 Å². The SMILES string of the molecule is CCCNC(Cc1nc(C2(C)CC2)no1)CC(C)C. The molecule has 4 heteroatoms. The van der Waals surface area contributed by atoms with Gasteiger partial charge in [-0.25, -0.2) is 0 Å². The first-order valence-corrected chi connectivity index (χ1v) is 7.60. The molecule has 0 saturated heterocycles. The number of rotatable bonds is 8. The number of nitrogens with one attached hydrogen (secondary N) is 1. The van der Waals surface area contributed by atoms with E-state index in [1.807, 2.05) is 0 Å². The molecule has 1 saturated carbocycles. The van der Waals surface area contributed by atoms with Crippen molar-refractivity contribution in [2.24, 2.45) is 5.92 Å². The second-order valence-electron chi connectivity index (χ2n) is 6.56. The van der Waals surface area contributed by atoms with E-state index >= 15 is 0 Å². The minimum Gasteiger partial charge on any atom is -0.339 e. The number of aromatic nitrogens is 2. The van der Waals surface area contributed by atoms with Crippen LogP contribution in [0.15, 0.2) is 4.52 Å². The van der Waals surface area contributed by atoms with Crippen molar-refractivity contribution in [1.29, 1.82) is 0 Å². The molecule has 4 nitrogen and oxygen atoms in total. The van der Waals surface area contributed by atoms with Crippen LogP contribution in [0, 0.1) is 5.92 Å². The van der Waals surface area contributed by atoms with Crippen LogP contribution in [0.1, 0.15) is 65.1 Å². The fourth-order valence-corrected chi connectivity index (χ4v) is 2.36. The van der Waals surface area contributed by atoms with Gasteiger partial charge in [0.15, 0.2) is 5.82 Å². The molecule has 1 unspecified atom stereocenters. The standard InChI is InChI=1S/C15H27N3O/c1-5-8-16-12(9-11(2)3)10-13-17-14(18-19-13)15(4)6-7-15/h11-12,16H,5-10H2,1-4H3. The zero-order valence-electron chi connectivity index (χ0n) is 12.7. The molecule has 0 aromatic carbocycles. The molecule has 108 valence electrons. The molecule has 1 N–H and O–H groups in total. The molecule has 1 aromatic heterocycles. The van der Waals surface area contributed by atoms with Crippen molar-refractivity contribution >= 4 is 0 Å². The topological polar surface area (TPSA) is 51.0 Å². The van der Waals surface area contributed by atoms with E-state index in [0.29, 0.717) is 12.0 Å². The lowest BCUT2D eigenvalue weighted by atomic mass is 10.0. The lowest BCUT2D eigenvalue weighted by Crippen LogP contribution is -2.33. The third-order valence-electron chi connectivity index (χ3n) is 3.87. The van der Waals surface area contributed by atoms with Crippen LogP contribution in [-0.4, -0.2) is 22.7 Å². The molecule has 2 rings (SSSR count). The van der Waals surface area contributed by atoms with E-state index in [1.54, 1.807) is 0 Å². The van der Waals surface area contributed by atoms with Gasteiger partial charge in [0, 0.05) is 17.9 Å². The molecule has 19 heavy (non-hydrogen) atoms. The van der Waals surface area contributed by atoms with Crippen LogP contribution in [-0.2, 0) is 11.8 Å². The fourth-order valence-electron chi connectivity index (χ4n) is 2.36. The molecule has 1 aliphatic carbocycles. The second kappa shape index (κ2) is 6.04. The molecule has 1 aliphatic rings. The molecule has 1 atom stereocenters. The first-order valence-electron chi connectivity index (χ1n) is 7.60. The van der Waals surface area contributed by atoms with Crippen molar-refractivity contribution in [2.75, 3.05) is 6.54 Å². The van der Waals surface area contributed by atoms with Gasteiger partial charge in [-0.05, 0) is 38.1 Å². The molecule has 0 bridgehead atoms. The Morgan fingerprint density at radius 1 is 1.37 bits per heavy atom. The summed E-state index contributed by atoms with van der Waals surface area (Å²) in [6.07, 6.45) is 5.53. The molecular weight excluding hydrogens is 238 g/mol. The summed E-state index contributed by atoms with van der Waals surface area (Å²) in [6.45, 7) is 9.97.